The minimum Gasteiger partial charge on any atom is -0.333 e. The lowest BCUT2D eigenvalue weighted by atomic mass is 10.1. The molecule has 0 amide bonds. The third kappa shape index (κ3) is 2.68. The summed E-state index contributed by atoms with van der Waals surface area (Å²) in [5, 5.41) is 0.188. The largest absolute Gasteiger partial charge is 0.333 e. The second-order valence-corrected chi connectivity index (χ2v) is 8.12. The molecule has 0 saturated carbocycles. The average molecular weight is 301 g/mol. The number of fused-ring (bicyclic) bond motifs is 1. The molecule has 1 saturated heterocycles. The van der Waals surface area contributed by atoms with E-state index in [1.54, 1.807) is 18.0 Å². The smallest absolute Gasteiger partial charge is 0.259 e. The Morgan fingerprint density at radius 2 is 2.26 bits per heavy atom. The normalized spacial score (nSPS) is 27.4. The average Bonchev–Trinajstić information content (AvgIpc) is 2.96. The quantitative estimate of drug-likeness (QED) is 0.912. The first kappa shape index (κ1) is 13.5. The molecule has 106 valence electrons. The number of sulfonamides is 1. The van der Waals surface area contributed by atoms with Crippen molar-refractivity contribution in [3.63, 3.8) is 0 Å². The highest BCUT2D eigenvalue weighted by Gasteiger charge is 2.30. The standard InChI is InChI=1S/C12H19N3O2S2/c1-9-7-18-8-10(9)14-19(16,17)12-6-15-5-3-2-4-11(15)13-12/h6,9-10,14H,2-5,7-8H2,1H3. The van der Waals surface area contributed by atoms with E-state index in [9.17, 15) is 8.42 Å². The van der Waals surface area contributed by atoms with E-state index in [-0.39, 0.29) is 11.1 Å². The van der Waals surface area contributed by atoms with Crippen LogP contribution in [0.2, 0.25) is 0 Å². The first-order valence-corrected chi connectivity index (χ1v) is 9.36. The molecule has 0 spiro atoms. The van der Waals surface area contributed by atoms with E-state index < -0.39 is 10.0 Å². The lowest BCUT2D eigenvalue weighted by Gasteiger charge is -2.15. The summed E-state index contributed by atoms with van der Waals surface area (Å²) in [4.78, 5) is 4.30. The fourth-order valence-corrected chi connectivity index (χ4v) is 5.43. The lowest BCUT2D eigenvalue weighted by molar-refractivity contribution is 0.501. The molecule has 5 nitrogen and oxygen atoms in total. The molecule has 3 rings (SSSR count). The summed E-state index contributed by atoms with van der Waals surface area (Å²) in [5.41, 5.74) is 0. The molecule has 7 heteroatoms. The van der Waals surface area contributed by atoms with E-state index in [2.05, 4.69) is 16.6 Å². The van der Waals surface area contributed by atoms with E-state index in [0.717, 1.165) is 43.1 Å². The van der Waals surface area contributed by atoms with E-state index in [0.29, 0.717) is 5.92 Å². The molecule has 1 aromatic rings. The van der Waals surface area contributed by atoms with Gasteiger partial charge in [0.05, 0.1) is 0 Å². The molecule has 2 unspecified atom stereocenters. The minimum absolute atomic E-state index is 0.0359. The van der Waals surface area contributed by atoms with Gasteiger partial charge in [0.2, 0.25) is 0 Å². The summed E-state index contributed by atoms with van der Waals surface area (Å²) in [5.74, 6) is 3.17. The van der Waals surface area contributed by atoms with Crippen LogP contribution in [0.3, 0.4) is 0 Å². The van der Waals surface area contributed by atoms with Crippen molar-refractivity contribution < 1.29 is 8.42 Å². The molecule has 0 aromatic carbocycles. The maximum Gasteiger partial charge on any atom is 0.259 e. The minimum atomic E-state index is -3.47. The van der Waals surface area contributed by atoms with Crippen LogP contribution in [0.5, 0.6) is 0 Å². The van der Waals surface area contributed by atoms with Gasteiger partial charge in [-0.25, -0.2) is 18.1 Å². The van der Waals surface area contributed by atoms with Gasteiger partial charge >= 0.3 is 0 Å². The van der Waals surface area contributed by atoms with Crippen LogP contribution in [0, 0.1) is 5.92 Å². The van der Waals surface area contributed by atoms with Crippen molar-refractivity contribution in [2.75, 3.05) is 11.5 Å². The maximum absolute atomic E-state index is 12.4. The molecule has 0 radical (unpaired) electrons. The van der Waals surface area contributed by atoms with Gasteiger partial charge in [-0.15, -0.1) is 0 Å². The van der Waals surface area contributed by atoms with Crippen molar-refractivity contribution in [2.45, 2.75) is 43.8 Å². The molecule has 1 fully saturated rings. The highest BCUT2D eigenvalue weighted by molar-refractivity contribution is 7.99. The molecule has 1 aromatic heterocycles. The Kier molecular flexibility index (Phi) is 3.61. The van der Waals surface area contributed by atoms with Gasteiger partial charge in [0, 0.05) is 31.0 Å². The molecule has 19 heavy (non-hydrogen) atoms. The predicted molar refractivity (Wildman–Crippen MR) is 75.8 cm³/mol. The Labute approximate surface area is 118 Å². The van der Waals surface area contributed by atoms with Gasteiger partial charge in [0.15, 0.2) is 5.03 Å². The predicted octanol–water partition coefficient (Wildman–Crippen LogP) is 1.25. The van der Waals surface area contributed by atoms with Crippen molar-refractivity contribution in [1.29, 1.82) is 0 Å². The zero-order valence-electron chi connectivity index (χ0n) is 11.0. The molecule has 2 aliphatic rings. The van der Waals surface area contributed by atoms with Crippen LogP contribution in [0.4, 0.5) is 0 Å². The number of hydrogen-bond acceptors (Lipinski definition) is 4. The molecule has 2 aliphatic heterocycles. The van der Waals surface area contributed by atoms with Crippen LogP contribution in [0.1, 0.15) is 25.6 Å². The molecule has 2 atom stereocenters. The highest BCUT2D eigenvalue weighted by Crippen LogP contribution is 2.25. The second-order valence-electron chi connectivity index (χ2n) is 5.39. The number of nitrogens with zero attached hydrogens (tertiary/aromatic N) is 2. The van der Waals surface area contributed by atoms with Gasteiger partial charge in [0.1, 0.15) is 5.82 Å². The van der Waals surface area contributed by atoms with E-state index in [1.807, 2.05) is 4.57 Å². The van der Waals surface area contributed by atoms with E-state index >= 15 is 0 Å². The fraction of sp³-hybridized carbons (Fsp3) is 0.750. The molecule has 3 heterocycles. The Hall–Kier alpha value is -0.530. The number of rotatable bonds is 3. The summed E-state index contributed by atoms with van der Waals surface area (Å²) in [6.45, 7) is 2.97. The molecule has 0 aliphatic carbocycles. The first-order chi connectivity index (χ1) is 9.06. The Bertz CT molecular complexity index is 544. The number of aromatic nitrogens is 2. The number of nitrogens with one attached hydrogen (secondary N) is 1. The summed E-state index contributed by atoms with van der Waals surface area (Å²) in [7, 11) is -3.47. The second kappa shape index (κ2) is 5.10. The topological polar surface area (TPSA) is 64.0 Å². The third-order valence-corrected chi connectivity index (χ3v) is 6.55. The van der Waals surface area contributed by atoms with Crippen LogP contribution in [-0.2, 0) is 23.0 Å². The number of aryl methyl sites for hydroxylation is 2. The molecular weight excluding hydrogens is 282 g/mol. The van der Waals surface area contributed by atoms with Gasteiger partial charge < -0.3 is 4.57 Å². The van der Waals surface area contributed by atoms with Crippen molar-refractivity contribution in [3.05, 3.63) is 12.0 Å². The SMILES string of the molecule is CC1CSCC1NS(=O)(=O)c1cn2c(n1)CCCC2. The van der Waals surface area contributed by atoms with Gasteiger partial charge in [-0.05, 0) is 24.5 Å². The van der Waals surface area contributed by atoms with Gasteiger partial charge in [-0.3, -0.25) is 0 Å². The van der Waals surface area contributed by atoms with Gasteiger partial charge in [-0.1, -0.05) is 6.92 Å². The van der Waals surface area contributed by atoms with Crippen molar-refractivity contribution >= 4 is 21.8 Å². The fourth-order valence-electron chi connectivity index (χ4n) is 2.59. The number of hydrogen-bond donors (Lipinski definition) is 1. The van der Waals surface area contributed by atoms with Gasteiger partial charge in [-0.2, -0.15) is 11.8 Å². The van der Waals surface area contributed by atoms with Crippen molar-refractivity contribution in [1.82, 2.24) is 14.3 Å². The Balaban J connectivity index is 1.81. The summed E-state index contributed by atoms with van der Waals surface area (Å²) < 4.78 is 29.5. The Morgan fingerprint density at radius 1 is 1.42 bits per heavy atom. The van der Waals surface area contributed by atoms with Crippen LogP contribution >= 0.6 is 11.8 Å². The van der Waals surface area contributed by atoms with E-state index in [1.165, 1.54) is 0 Å². The van der Waals surface area contributed by atoms with Crippen LogP contribution in [-0.4, -0.2) is 35.5 Å². The maximum atomic E-state index is 12.4. The van der Waals surface area contributed by atoms with Crippen molar-refractivity contribution in [2.24, 2.45) is 5.92 Å². The van der Waals surface area contributed by atoms with Crippen LogP contribution in [0.15, 0.2) is 11.2 Å². The van der Waals surface area contributed by atoms with Crippen LogP contribution < -0.4 is 4.72 Å². The van der Waals surface area contributed by atoms with Gasteiger partial charge in [0.25, 0.3) is 10.0 Å². The lowest BCUT2D eigenvalue weighted by Crippen LogP contribution is -2.38. The van der Waals surface area contributed by atoms with Crippen LogP contribution in [0.25, 0.3) is 0 Å². The zero-order chi connectivity index (χ0) is 13.5. The number of imidazole rings is 1. The third-order valence-electron chi connectivity index (χ3n) is 3.83. The first-order valence-electron chi connectivity index (χ1n) is 6.72. The summed E-state index contributed by atoms with van der Waals surface area (Å²) in [6.07, 6.45) is 4.77. The monoisotopic (exact) mass is 301 g/mol. The molecule has 0 bridgehead atoms. The zero-order valence-corrected chi connectivity index (χ0v) is 12.6. The highest BCUT2D eigenvalue weighted by atomic mass is 32.2. The van der Waals surface area contributed by atoms with Crippen molar-refractivity contribution in [3.8, 4) is 0 Å². The molecular formula is C12H19N3O2S2. The number of thioether (sulfide) groups is 1. The van der Waals surface area contributed by atoms with E-state index in [4.69, 9.17) is 0 Å². The Morgan fingerprint density at radius 3 is 2.95 bits per heavy atom. The molecule has 1 N–H and O–H groups in total. The summed E-state index contributed by atoms with van der Waals surface area (Å²) in [6, 6.07) is 0.0359. The summed E-state index contributed by atoms with van der Waals surface area (Å²) >= 11 is 1.80.